The lowest BCUT2D eigenvalue weighted by atomic mass is 10.1. The third-order valence-corrected chi connectivity index (χ3v) is 5.65. The summed E-state index contributed by atoms with van der Waals surface area (Å²) >= 11 is 3.36. The Balaban J connectivity index is 2.22. The number of halogens is 1. The molecular formula is C12H17BrN2O2S. The molecule has 6 heteroatoms. The number of sulfonamides is 1. The Labute approximate surface area is 116 Å². The van der Waals surface area contributed by atoms with Gasteiger partial charge in [-0.05, 0) is 44.0 Å². The fraction of sp³-hybridized carbons (Fsp3) is 0.500. The summed E-state index contributed by atoms with van der Waals surface area (Å²) in [4.78, 5) is 0.349. The van der Waals surface area contributed by atoms with Crippen molar-refractivity contribution in [2.75, 3.05) is 13.1 Å². The average Bonchev–Trinajstić information content (AvgIpc) is 2.33. The minimum Gasteiger partial charge on any atom is -0.315 e. The molecule has 1 aromatic rings. The third kappa shape index (κ3) is 3.12. The predicted octanol–water partition coefficient (Wildman–Crippen LogP) is 1.79. The second-order valence-corrected chi connectivity index (χ2v) is 7.06. The highest BCUT2D eigenvalue weighted by Crippen LogP contribution is 2.23. The zero-order chi connectivity index (χ0) is 13.2. The lowest BCUT2D eigenvalue weighted by Crippen LogP contribution is -2.45. The van der Waals surface area contributed by atoms with Gasteiger partial charge in [0, 0.05) is 17.1 Å². The first-order valence-electron chi connectivity index (χ1n) is 5.99. The van der Waals surface area contributed by atoms with Gasteiger partial charge in [-0.2, -0.15) is 0 Å². The minimum absolute atomic E-state index is 0.0119. The maximum atomic E-state index is 12.3. The van der Waals surface area contributed by atoms with Crippen LogP contribution in [0.2, 0.25) is 0 Å². The van der Waals surface area contributed by atoms with Crippen LogP contribution in [0.25, 0.3) is 0 Å². The Kier molecular flexibility index (Phi) is 4.42. The summed E-state index contributed by atoms with van der Waals surface area (Å²) in [6.45, 7) is 3.47. The van der Waals surface area contributed by atoms with Gasteiger partial charge in [0.25, 0.3) is 0 Å². The number of rotatable bonds is 3. The molecule has 1 aromatic carbocycles. The first kappa shape index (κ1) is 14.0. The molecule has 1 atom stereocenters. The van der Waals surface area contributed by atoms with E-state index in [0.29, 0.717) is 11.4 Å². The average molecular weight is 333 g/mol. The number of benzene rings is 1. The highest BCUT2D eigenvalue weighted by atomic mass is 79.9. The second-order valence-electron chi connectivity index (χ2n) is 4.53. The SMILES string of the molecule is Cc1c(Br)cccc1S(=O)(=O)NC1CCCNC1. The van der Waals surface area contributed by atoms with E-state index in [0.717, 1.165) is 29.4 Å². The molecule has 1 aliphatic heterocycles. The van der Waals surface area contributed by atoms with Crippen molar-refractivity contribution in [2.45, 2.75) is 30.7 Å². The number of nitrogens with one attached hydrogen (secondary N) is 2. The van der Waals surface area contributed by atoms with Gasteiger partial charge in [0.05, 0.1) is 4.90 Å². The van der Waals surface area contributed by atoms with Gasteiger partial charge < -0.3 is 5.32 Å². The van der Waals surface area contributed by atoms with Crippen LogP contribution in [0.5, 0.6) is 0 Å². The van der Waals surface area contributed by atoms with E-state index in [4.69, 9.17) is 0 Å². The van der Waals surface area contributed by atoms with Crippen molar-refractivity contribution >= 4 is 26.0 Å². The maximum Gasteiger partial charge on any atom is 0.241 e. The van der Waals surface area contributed by atoms with E-state index in [9.17, 15) is 8.42 Å². The molecule has 100 valence electrons. The molecular weight excluding hydrogens is 316 g/mol. The summed E-state index contributed by atoms with van der Waals surface area (Å²) < 4.78 is 28.2. The summed E-state index contributed by atoms with van der Waals surface area (Å²) in [7, 11) is -3.43. The topological polar surface area (TPSA) is 58.2 Å². The molecule has 1 saturated heterocycles. The molecule has 1 heterocycles. The summed E-state index contributed by atoms with van der Waals surface area (Å²) in [5, 5.41) is 3.20. The zero-order valence-corrected chi connectivity index (χ0v) is 12.6. The van der Waals surface area contributed by atoms with E-state index in [1.165, 1.54) is 0 Å². The maximum absolute atomic E-state index is 12.3. The summed E-state index contributed by atoms with van der Waals surface area (Å²) in [6, 6.07) is 5.21. The molecule has 0 spiro atoms. The van der Waals surface area contributed by atoms with Crippen molar-refractivity contribution in [3.8, 4) is 0 Å². The minimum atomic E-state index is -3.43. The molecule has 0 saturated carbocycles. The molecule has 2 N–H and O–H groups in total. The monoisotopic (exact) mass is 332 g/mol. The van der Waals surface area contributed by atoms with Crippen molar-refractivity contribution in [2.24, 2.45) is 0 Å². The van der Waals surface area contributed by atoms with Crippen molar-refractivity contribution in [1.29, 1.82) is 0 Å². The summed E-state index contributed by atoms with van der Waals surface area (Å²) in [5.74, 6) is 0. The van der Waals surface area contributed by atoms with Crippen LogP contribution in [0, 0.1) is 6.92 Å². The standard InChI is InChI=1S/C12H17BrN2O2S/c1-9-11(13)5-2-6-12(9)18(16,17)15-10-4-3-7-14-8-10/h2,5-6,10,14-15H,3-4,7-8H2,1H3. The van der Waals surface area contributed by atoms with Gasteiger partial charge in [-0.3, -0.25) is 0 Å². The first-order chi connectivity index (χ1) is 8.50. The normalized spacial score (nSPS) is 20.9. The van der Waals surface area contributed by atoms with Crippen molar-refractivity contribution in [3.63, 3.8) is 0 Å². The molecule has 0 radical (unpaired) electrons. The second kappa shape index (κ2) is 5.69. The van der Waals surface area contributed by atoms with Crippen molar-refractivity contribution < 1.29 is 8.42 Å². The van der Waals surface area contributed by atoms with E-state index in [-0.39, 0.29) is 6.04 Å². The van der Waals surface area contributed by atoms with Crippen LogP contribution in [-0.4, -0.2) is 27.5 Å². The molecule has 0 aromatic heterocycles. The summed E-state index contributed by atoms with van der Waals surface area (Å²) in [5.41, 5.74) is 0.744. The van der Waals surface area contributed by atoms with E-state index in [1.807, 2.05) is 6.07 Å². The quantitative estimate of drug-likeness (QED) is 0.887. The Morgan fingerprint density at radius 2 is 2.22 bits per heavy atom. The Morgan fingerprint density at radius 1 is 1.44 bits per heavy atom. The van der Waals surface area contributed by atoms with Crippen LogP contribution in [0.1, 0.15) is 18.4 Å². The Hall–Kier alpha value is -0.430. The van der Waals surface area contributed by atoms with Crippen LogP contribution in [0.4, 0.5) is 0 Å². The zero-order valence-electron chi connectivity index (χ0n) is 10.2. The predicted molar refractivity (Wildman–Crippen MR) is 75.1 cm³/mol. The van der Waals surface area contributed by atoms with Crippen LogP contribution in [0.15, 0.2) is 27.6 Å². The largest absolute Gasteiger partial charge is 0.315 e. The Morgan fingerprint density at radius 3 is 2.89 bits per heavy atom. The molecule has 2 rings (SSSR count). The Bertz CT molecular complexity index is 525. The molecule has 18 heavy (non-hydrogen) atoms. The lowest BCUT2D eigenvalue weighted by Gasteiger charge is -2.24. The van der Waals surface area contributed by atoms with E-state index < -0.39 is 10.0 Å². The van der Waals surface area contributed by atoms with Crippen molar-refractivity contribution in [1.82, 2.24) is 10.0 Å². The van der Waals surface area contributed by atoms with Crippen LogP contribution >= 0.6 is 15.9 Å². The molecule has 0 bridgehead atoms. The van der Waals surface area contributed by atoms with E-state index in [2.05, 4.69) is 26.0 Å². The van der Waals surface area contributed by atoms with Crippen LogP contribution in [-0.2, 0) is 10.0 Å². The van der Waals surface area contributed by atoms with Gasteiger partial charge in [0.1, 0.15) is 0 Å². The van der Waals surface area contributed by atoms with Gasteiger partial charge >= 0.3 is 0 Å². The van der Waals surface area contributed by atoms with Crippen LogP contribution in [0.3, 0.4) is 0 Å². The lowest BCUT2D eigenvalue weighted by molar-refractivity contribution is 0.428. The molecule has 0 amide bonds. The number of piperidine rings is 1. The molecule has 1 fully saturated rings. The van der Waals surface area contributed by atoms with Crippen molar-refractivity contribution in [3.05, 3.63) is 28.2 Å². The van der Waals surface area contributed by atoms with Gasteiger partial charge in [0.2, 0.25) is 10.0 Å². The van der Waals surface area contributed by atoms with Gasteiger partial charge in [-0.15, -0.1) is 0 Å². The fourth-order valence-corrected chi connectivity index (χ4v) is 4.15. The van der Waals surface area contributed by atoms with Gasteiger partial charge in [0.15, 0.2) is 0 Å². The van der Waals surface area contributed by atoms with Gasteiger partial charge in [-0.25, -0.2) is 13.1 Å². The van der Waals surface area contributed by atoms with Gasteiger partial charge in [-0.1, -0.05) is 22.0 Å². The first-order valence-corrected chi connectivity index (χ1v) is 8.26. The highest BCUT2D eigenvalue weighted by Gasteiger charge is 2.23. The number of hydrogen-bond donors (Lipinski definition) is 2. The summed E-state index contributed by atoms with van der Waals surface area (Å²) in [6.07, 6.45) is 1.89. The molecule has 1 unspecified atom stereocenters. The van der Waals surface area contributed by atoms with Crippen LogP contribution < -0.4 is 10.0 Å². The molecule has 0 aliphatic carbocycles. The fourth-order valence-electron chi connectivity index (χ4n) is 2.11. The van der Waals surface area contributed by atoms with E-state index in [1.54, 1.807) is 19.1 Å². The third-order valence-electron chi connectivity index (χ3n) is 3.13. The molecule has 4 nitrogen and oxygen atoms in total. The molecule has 1 aliphatic rings. The number of hydrogen-bond acceptors (Lipinski definition) is 3. The smallest absolute Gasteiger partial charge is 0.241 e. The highest BCUT2D eigenvalue weighted by molar-refractivity contribution is 9.10. The van der Waals surface area contributed by atoms with E-state index >= 15 is 0 Å².